The SMILES string of the molecule is CCCCOc1cccc(C(O)=C2C(=O)C(=O)N(c3nc(C)c(C(=O)OC)s3)C2c2ccc(I)cc2)c1. The molecule has 1 unspecified atom stereocenters. The van der Waals surface area contributed by atoms with E-state index in [0.717, 1.165) is 27.7 Å². The van der Waals surface area contributed by atoms with Crippen molar-refractivity contribution in [2.75, 3.05) is 18.6 Å². The molecule has 2 heterocycles. The first kappa shape index (κ1) is 26.8. The second-order valence-electron chi connectivity index (χ2n) is 8.35. The zero-order valence-electron chi connectivity index (χ0n) is 20.5. The number of aromatic nitrogens is 1. The number of halogens is 1. The summed E-state index contributed by atoms with van der Waals surface area (Å²) in [7, 11) is 1.26. The Kier molecular flexibility index (Phi) is 8.28. The lowest BCUT2D eigenvalue weighted by molar-refractivity contribution is -0.132. The van der Waals surface area contributed by atoms with E-state index in [1.54, 1.807) is 43.3 Å². The molecule has 1 aromatic heterocycles. The van der Waals surface area contributed by atoms with Crippen molar-refractivity contribution in [3.8, 4) is 5.75 Å². The zero-order chi connectivity index (χ0) is 26.7. The molecule has 0 aliphatic carbocycles. The van der Waals surface area contributed by atoms with Crippen LogP contribution in [0.15, 0.2) is 54.1 Å². The number of carbonyl (C=O) groups is 3. The van der Waals surface area contributed by atoms with E-state index in [0.29, 0.717) is 29.2 Å². The first-order valence-electron chi connectivity index (χ1n) is 11.6. The first-order valence-corrected chi connectivity index (χ1v) is 13.5. The van der Waals surface area contributed by atoms with Gasteiger partial charge in [0.05, 0.1) is 31.0 Å². The normalized spacial score (nSPS) is 16.8. The molecule has 0 radical (unpaired) electrons. The Hall–Kier alpha value is -3.25. The number of benzene rings is 2. The van der Waals surface area contributed by atoms with Gasteiger partial charge in [0.2, 0.25) is 0 Å². The summed E-state index contributed by atoms with van der Waals surface area (Å²) in [4.78, 5) is 44.8. The maximum atomic E-state index is 13.4. The molecule has 2 aromatic carbocycles. The number of methoxy groups -OCH3 is 1. The monoisotopic (exact) mass is 632 g/mol. The van der Waals surface area contributed by atoms with E-state index in [2.05, 4.69) is 34.5 Å². The average molecular weight is 632 g/mol. The number of rotatable bonds is 8. The van der Waals surface area contributed by atoms with Crippen LogP contribution in [0.4, 0.5) is 5.13 Å². The summed E-state index contributed by atoms with van der Waals surface area (Å²) in [5.41, 5.74) is 1.29. The number of aryl methyl sites for hydroxylation is 1. The number of aliphatic hydroxyl groups excluding tert-OH is 1. The molecule has 10 heteroatoms. The van der Waals surface area contributed by atoms with Crippen molar-refractivity contribution in [1.29, 1.82) is 0 Å². The molecule has 1 aliphatic heterocycles. The Balaban J connectivity index is 1.85. The number of nitrogens with zero attached hydrogens (tertiary/aromatic N) is 2. The van der Waals surface area contributed by atoms with Gasteiger partial charge in [-0.3, -0.25) is 14.5 Å². The van der Waals surface area contributed by atoms with Crippen LogP contribution in [-0.4, -0.2) is 41.5 Å². The molecule has 1 fully saturated rings. The highest BCUT2D eigenvalue weighted by molar-refractivity contribution is 14.1. The Bertz CT molecular complexity index is 1380. The number of thiazole rings is 1. The topological polar surface area (TPSA) is 106 Å². The number of hydrogen-bond donors (Lipinski definition) is 1. The third-order valence-electron chi connectivity index (χ3n) is 5.87. The maximum absolute atomic E-state index is 13.4. The summed E-state index contributed by atoms with van der Waals surface area (Å²) in [6.07, 6.45) is 1.86. The molecular weight excluding hydrogens is 607 g/mol. The Labute approximate surface area is 232 Å². The molecule has 1 atom stereocenters. The smallest absolute Gasteiger partial charge is 0.350 e. The third kappa shape index (κ3) is 5.40. The lowest BCUT2D eigenvalue weighted by Crippen LogP contribution is -2.29. The number of ketones is 1. The molecule has 1 aliphatic rings. The van der Waals surface area contributed by atoms with Crippen LogP contribution in [-0.2, 0) is 14.3 Å². The van der Waals surface area contributed by atoms with Gasteiger partial charge >= 0.3 is 11.9 Å². The van der Waals surface area contributed by atoms with Crippen LogP contribution in [0.5, 0.6) is 5.75 Å². The van der Waals surface area contributed by atoms with Gasteiger partial charge in [-0.1, -0.05) is 48.9 Å². The van der Waals surface area contributed by atoms with Crippen molar-refractivity contribution in [2.45, 2.75) is 32.7 Å². The largest absolute Gasteiger partial charge is 0.507 e. The molecule has 1 saturated heterocycles. The highest BCUT2D eigenvalue weighted by atomic mass is 127. The molecule has 192 valence electrons. The average Bonchev–Trinajstić information content (AvgIpc) is 3.40. The van der Waals surface area contributed by atoms with Crippen molar-refractivity contribution < 1.29 is 29.0 Å². The van der Waals surface area contributed by atoms with Crippen molar-refractivity contribution in [2.24, 2.45) is 0 Å². The highest BCUT2D eigenvalue weighted by Crippen LogP contribution is 2.44. The summed E-state index contributed by atoms with van der Waals surface area (Å²) in [5.74, 6) is -2.03. The number of unbranched alkanes of at least 4 members (excludes halogenated alkanes) is 1. The van der Waals surface area contributed by atoms with Gasteiger partial charge in [-0.15, -0.1) is 0 Å². The minimum absolute atomic E-state index is 0.0654. The Morgan fingerprint density at radius 1 is 1.19 bits per heavy atom. The fraction of sp³-hybridized carbons (Fsp3) is 0.259. The third-order valence-corrected chi connectivity index (χ3v) is 7.72. The molecule has 37 heavy (non-hydrogen) atoms. The van der Waals surface area contributed by atoms with Crippen LogP contribution >= 0.6 is 33.9 Å². The minimum Gasteiger partial charge on any atom is -0.507 e. The number of anilines is 1. The van der Waals surface area contributed by atoms with Gasteiger partial charge in [-0.25, -0.2) is 9.78 Å². The van der Waals surface area contributed by atoms with Gasteiger partial charge in [0, 0.05) is 9.13 Å². The van der Waals surface area contributed by atoms with E-state index in [1.807, 2.05) is 12.1 Å². The maximum Gasteiger partial charge on any atom is 0.350 e. The highest BCUT2D eigenvalue weighted by Gasteiger charge is 2.48. The van der Waals surface area contributed by atoms with Gasteiger partial charge < -0.3 is 14.6 Å². The lowest BCUT2D eigenvalue weighted by Gasteiger charge is -2.23. The summed E-state index contributed by atoms with van der Waals surface area (Å²) >= 11 is 3.13. The molecule has 4 rings (SSSR count). The molecular formula is C27H25IN2O6S. The Morgan fingerprint density at radius 2 is 1.92 bits per heavy atom. The van der Waals surface area contributed by atoms with Crippen molar-refractivity contribution in [1.82, 2.24) is 4.98 Å². The summed E-state index contributed by atoms with van der Waals surface area (Å²) < 4.78 is 11.6. The molecule has 8 nitrogen and oxygen atoms in total. The lowest BCUT2D eigenvalue weighted by atomic mass is 9.95. The van der Waals surface area contributed by atoms with Crippen LogP contribution in [0.25, 0.3) is 5.76 Å². The van der Waals surface area contributed by atoms with Crippen LogP contribution in [0.1, 0.15) is 52.3 Å². The van der Waals surface area contributed by atoms with E-state index >= 15 is 0 Å². The van der Waals surface area contributed by atoms with Crippen LogP contribution < -0.4 is 9.64 Å². The van der Waals surface area contributed by atoms with Crippen molar-refractivity contribution in [3.05, 3.63) is 79.4 Å². The van der Waals surface area contributed by atoms with Crippen molar-refractivity contribution in [3.63, 3.8) is 0 Å². The summed E-state index contributed by atoms with van der Waals surface area (Å²) in [6.45, 7) is 4.22. The van der Waals surface area contributed by atoms with Crippen LogP contribution in [0.3, 0.4) is 0 Å². The van der Waals surface area contributed by atoms with Crippen LogP contribution in [0.2, 0.25) is 0 Å². The summed E-state index contributed by atoms with van der Waals surface area (Å²) in [6, 6.07) is 13.1. The van der Waals surface area contributed by atoms with Gasteiger partial charge in [-0.2, -0.15) is 0 Å². The van der Waals surface area contributed by atoms with E-state index in [9.17, 15) is 19.5 Å². The van der Waals surface area contributed by atoms with Crippen LogP contribution in [0, 0.1) is 10.5 Å². The molecule has 0 bridgehead atoms. The van der Waals surface area contributed by atoms with E-state index in [1.165, 1.54) is 12.0 Å². The molecule has 0 spiro atoms. The fourth-order valence-electron chi connectivity index (χ4n) is 3.98. The van der Waals surface area contributed by atoms with E-state index in [4.69, 9.17) is 9.47 Å². The number of ether oxygens (including phenoxy) is 2. The molecule has 1 N–H and O–H groups in total. The second kappa shape index (κ2) is 11.4. The van der Waals surface area contributed by atoms with Gasteiger partial charge in [0.15, 0.2) is 5.13 Å². The quantitative estimate of drug-likeness (QED) is 0.0855. The van der Waals surface area contributed by atoms with Gasteiger partial charge in [0.1, 0.15) is 16.4 Å². The number of amides is 1. The number of Topliss-reactive ketones (excluding diaryl/α,β-unsaturated/α-hetero) is 1. The summed E-state index contributed by atoms with van der Waals surface area (Å²) in [5, 5.41) is 11.5. The first-order chi connectivity index (χ1) is 17.8. The zero-order valence-corrected chi connectivity index (χ0v) is 23.5. The molecule has 0 saturated carbocycles. The predicted octanol–water partition coefficient (Wildman–Crippen LogP) is 5.65. The second-order valence-corrected chi connectivity index (χ2v) is 10.6. The molecule has 3 aromatic rings. The number of esters is 1. The van der Waals surface area contributed by atoms with Gasteiger partial charge in [0.25, 0.3) is 5.78 Å². The van der Waals surface area contributed by atoms with E-state index < -0.39 is 23.7 Å². The molecule has 1 amide bonds. The predicted molar refractivity (Wildman–Crippen MR) is 149 cm³/mol. The van der Waals surface area contributed by atoms with Gasteiger partial charge in [-0.05, 0) is 65.8 Å². The number of hydrogen-bond acceptors (Lipinski definition) is 8. The number of carbonyl (C=O) groups excluding carboxylic acids is 3. The fourth-order valence-corrected chi connectivity index (χ4v) is 5.35. The standard InChI is InChI=1S/C27H25IN2O6S/c1-4-5-13-36-19-8-6-7-17(14-19)22(31)20-21(16-9-11-18(28)12-10-16)30(25(33)23(20)32)27-29-15(2)24(37-27)26(34)35-3/h6-12,14,21,31H,4-5,13H2,1-3H3. The Morgan fingerprint density at radius 3 is 2.59 bits per heavy atom. The number of aliphatic hydroxyl groups is 1. The van der Waals surface area contributed by atoms with Crippen molar-refractivity contribution >= 4 is 62.5 Å². The minimum atomic E-state index is -0.947. The van der Waals surface area contributed by atoms with E-state index in [-0.39, 0.29) is 21.3 Å².